The van der Waals surface area contributed by atoms with Gasteiger partial charge >= 0.3 is 7.60 Å². The van der Waals surface area contributed by atoms with Gasteiger partial charge in [0.25, 0.3) is 0 Å². The molecule has 0 fully saturated rings. The van der Waals surface area contributed by atoms with Gasteiger partial charge in [-0.2, -0.15) is 0 Å². The van der Waals surface area contributed by atoms with Crippen LogP contribution < -0.4 is 11.1 Å². The van der Waals surface area contributed by atoms with Crippen LogP contribution in [-0.4, -0.2) is 28.7 Å². The topological polar surface area (TPSA) is 95.6 Å². The summed E-state index contributed by atoms with van der Waals surface area (Å²) in [5.41, 5.74) is 5.39. The normalized spacial score (nSPS) is 17.0. The summed E-state index contributed by atoms with van der Waals surface area (Å²) in [6, 6.07) is 0. The second kappa shape index (κ2) is 5.08. The summed E-state index contributed by atoms with van der Waals surface area (Å²) in [7, 11) is -2.64. The van der Waals surface area contributed by atoms with Gasteiger partial charge < -0.3 is 20.8 Å². The van der Waals surface area contributed by atoms with E-state index in [4.69, 9.17) is 15.5 Å². The van der Waals surface area contributed by atoms with E-state index in [2.05, 4.69) is 5.32 Å². The number of hydrogen-bond acceptors (Lipinski definition) is 3. The zero-order chi connectivity index (χ0) is 10.5. The zero-order valence-corrected chi connectivity index (χ0v) is 9.05. The molecule has 0 aromatic carbocycles. The lowest BCUT2D eigenvalue weighted by molar-refractivity contribution is 0.294. The fourth-order valence-corrected chi connectivity index (χ4v) is 2.19. The van der Waals surface area contributed by atoms with Crippen LogP contribution in [0.4, 0.5) is 0 Å². The first-order valence-corrected chi connectivity index (χ1v) is 5.99. The number of nitrogens with two attached hydrogens (primary N) is 1. The van der Waals surface area contributed by atoms with Crippen molar-refractivity contribution >= 4 is 7.60 Å². The zero-order valence-electron chi connectivity index (χ0n) is 8.16. The van der Waals surface area contributed by atoms with Crippen LogP contribution in [0.5, 0.6) is 0 Å². The largest absolute Gasteiger partial charge is 0.346 e. The van der Waals surface area contributed by atoms with Gasteiger partial charge in [0, 0.05) is 6.54 Å². The van der Waals surface area contributed by atoms with Crippen molar-refractivity contribution in [2.75, 3.05) is 13.6 Å². The molecule has 0 aromatic rings. The van der Waals surface area contributed by atoms with Crippen LogP contribution >= 0.6 is 7.60 Å². The standard InChI is InChI=1S/C7H19N2O3P/c1-3-4-5-7(6-8,9-2)13(10,11)12/h9H,3-6,8H2,1-2H3,(H2,10,11,12)/t7-/m0/s1. The Balaban J connectivity index is 4.60. The fourth-order valence-electron chi connectivity index (χ4n) is 1.21. The highest BCUT2D eigenvalue weighted by molar-refractivity contribution is 7.53. The number of hydrogen-bond donors (Lipinski definition) is 4. The molecular formula is C7H19N2O3P. The van der Waals surface area contributed by atoms with E-state index in [0.717, 1.165) is 12.8 Å². The Kier molecular flexibility index (Phi) is 5.10. The molecule has 0 aromatic heterocycles. The first-order chi connectivity index (χ1) is 5.93. The Labute approximate surface area is 78.9 Å². The van der Waals surface area contributed by atoms with E-state index in [0.29, 0.717) is 6.42 Å². The lowest BCUT2D eigenvalue weighted by Crippen LogP contribution is -2.48. The Hall–Kier alpha value is 0.0700. The highest BCUT2D eigenvalue weighted by Gasteiger charge is 2.43. The summed E-state index contributed by atoms with van der Waals surface area (Å²) < 4.78 is 11.2. The second-order valence-electron chi connectivity index (χ2n) is 3.13. The summed E-state index contributed by atoms with van der Waals surface area (Å²) in [5.74, 6) is 0. The third-order valence-electron chi connectivity index (χ3n) is 2.30. The van der Waals surface area contributed by atoms with E-state index in [1.165, 1.54) is 7.05 Å². The minimum atomic E-state index is -4.17. The Bertz CT molecular complexity index is 188. The fraction of sp³-hybridized carbons (Fsp3) is 1.00. The van der Waals surface area contributed by atoms with Gasteiger partial charge in [-0.3, -0.25) is 4.57 Å². The third-order valence-corrected chi connectivity index (χ3v) is 4.05. The molecule has 6 heteroatoms. The molecular weight excluding hydrogens is 191 g/mol. The average molecular weight is 210 g/mol. The van der Waals surface area contributed by atoms with E-state index in [1.54, 1.807) is 0 Å². The van der Waals surface area contributed by atoms with Gasteiger partial charge in [0.1, 0.15) is 5.28 Å². The molecule has 13 heavy (non-hydrogen) atoms. The monoisotopic (exact) mass is 210 g/mol. The predicted molar refractivity (Wildman–Crippen MR) is 52.4 cm³/mol. The smallest absolute Gasteiger partial charge is 0.328 e. The number of rotatable bonds is 6. The van der Waals surface area contributed by atoms with E-state index < -0.39 is 12.9 Å². The van der Waals surface area contributed by atoms with Crippen molar-refractivity contribution in [1.82, 2.24) is 5.32 Å². The molecule has 0 amide bonds. The maximum absolute atomic E-state index is 11.2. The van der Waals surface area contributed by atoms with E-state index >= 15 is 0 Å². The van der Waals surface area contributed by atoms with Gasteiger partial charge in [0.15, 0.2) is 0 Å². The average Bonchev–Trinajstić information content (AvgIpc) is 2.05. The second-order valence-corrected chi connectivity index (χ2v) is 5.08. The minimum absolute atomic E-state index is 0.0478. The van der Waals surface area contributed by atoms with Crippen LogP contribution in [-0.2, 0) is 4.57 Å². The van der Waals surface area contributed by atoms with Crippen LogP contribution in [0, 0.1) is 0 Å². The molecule has 0 saturated carbocycles. The number of unbranched alkanes of at least 4 members (excludes halogenated alkanes) is 1. The van der Waals surface area contributed by atoms with E-state index in [-0.39, 0.29) is 6.54 Å². The van der Waals surface area contributed by atoms with Crippen LogP contribution in [0.1, 0.15) is 26.2 Å². The van der Waals surface area contributed by atoms with E-state index in [9.17, 15) is 4.57 Å². The number of likely N-dealkylation sites (N-methyl/N-ethyl adjacent to an activating group) is 1. The van der Waals surface area contributed by atoms with E-state index in [1.807, 2.05) is 6.92 Å². The van der Waals surface area contributed by atoms with Gasteiger partial charge in [0.2, 0.25) is 0 Å². The summed E-state index contributed by atoms with van der Waals surface area (Å²) in [6.45, 7) is 1.92. The lowest BCUT2D eigenvalue weighted by atomic mass is 10.1. The molecule has 80 valence electrons. The van der Waals surface area contributed by atoms with Crippen LogP contribution in [0.15, 0.2) is 0 Å². The van der Waals surface area contributed by atoms with Gasteiger partial charge in [-0.05, 0) is 13.5 Å². The van der Waals surface area contributed by atoms with Crippen molar-refractivity contribution in [3.63, 3.8) is 0 Å². The predicted octanol–water partition coefficient (Wildman–Crippen LogP) is 0.229. The molecule has 0 aliphatic rings. The van der Waals surface area contributed by atoms with Crippen molar-refractivity contribution in [1.29, 1.82) is 0 Å². The molecule has 0 spiro atoms. The molecule has 0 aliphatic heterocycles. The molecule has 1 atom stereocenters. The van der Waals surface area contributed by atoms with Crippen molar-refractivity contribution in [3.05, 3.63) is 0 Å². The molecule has 5 nitrogen and oxygen atoms in total. The lowest BCUT2D eigenvalue weighted by Gasteiger charge is -2.32. The maximum atomic E-state index is 11.2. The molecule has 0 saturated heterocycles. The van der Waals surface area contributed by atoms with Gasteiger partial charge in [-0.1, -0.05) is 19.8 Å². The SMILES string of the molecule is CCCC[C@](CN)(NC)P(=O)(O)O. The Morgan fingerprint density at radius 2 is 2.08 bits per heavy atom. The van der Waals surface area contributed by atoms with Crippen LogP contribution in [0.3, 0.4) is 0 Å². The summed E-state index contributed by atoms with van der Waals surface area (Å²) in [6.07, 6.45) is 2.05. The molecule has 0 aliphatic carbocycles. The minimum Gasteiger partial charge on any atom is -0.328 e. The Morgan fingerprint density at radius 1 is 1.54 bits per heavy atom. The molecule has 0 unspecified atom stereocenters. The Morgan fingerprint density at radius 3 is 2.31 bits per heavy atom. The molecule has 5 N–H and O–H groups in total. The van der Waals surface area contributed by atoms with Crippen molar-refractivity contribution in [2.45, 2.75) is 31.5 Å². The highest BCUT2D eigenvalue weighted by atomic mass is 31.2. The molecule has 0 radical (unpaired) electrons. The van der Waals surface area contributed by atoms with Gasteiger partial charge in [0.05, 0.1) is 0 Å². The third kappa shape index (κ3) is 3.04. The van der Waals surface area contributed by atoms with Gasteiger partial charge in [-0.25, -0.2) is 0 Å². The molecule has 0 bridgehead atoms. The van der Waals surface area contributed by atoms with Crippen LogP contribution in [0.25, 0.3) is 0 Å². The number of nitrogens with one attached hydrogen (secondary N) is 1. The summed E-state index contributed by atoms with van der Waals surface area (Å²) in [5, 5.41) is 1.42. The molecule has 0 heterocycles. The van der Waals surface area contributed by atoms with Crippen LogP contribution in [0.2, 0.25) is 0 Å². The first-order valence-electron chi connectivity index (χ1n) is 4.38. The van der Waals surface area contributed by atoms with Gasteiger partial charge in [-0.15, -0.1) is 0 Å². The highest BCUT2D eigenvalue weighted by Crippen LogP contribution is 2.50. The molecule has 0 rings (SSSR count). The van der Waals surface area contributed by atoms with Crippen molar-refractivity contribution in [2.24, 2.45) is 5.73 Å². The summed E-state index contributed by atoms with van der Waals surface area (Å²) in [4.78, 5) is 18.2. The van der Waals surface area contributed by atoms with Crippen molar-refractivity contribution < 1.29 is 14.4 Å². The quantitative estimate of drug-likeness (QED) is 0.471. The maximum Gasteiger partial charge on any atom is 0.346 e. The van der Waals surface area contributed by atoms with Crippen molar-refractivity contribution in [3.8, 4) is 0 Å². The first kappa shape index (κ1) is 13.1. The summed E-state index contributed by atoms with van der Waals surface area (Å²) >= 11 is 0.